The lowest BCUT2D eigenvalue weighted by molar-refractivity contribution is -0.145. The third-order valence-electron chi connectivity index (χ3n) is 3.25. The quantitative estimate of drug-likeness (QED) is 0.870. The van der Waals surface area contributed by atoms with E-state index in [4.69, 9.17) is 5.11 Å². The van der Waals surface area contributed by atoms with E-state index in [0.29, 0.717) is 11.0 Å². The number of likely N-dealkylation sites (tertiary alicyclic amines) is 1. The van der Waals surface area contributed by atoms with Crippen LogP contribution in [0.4, 0.5) is 9.93 Å². The summed E-state index contributed by atoms with van der Waals surface area (Å²) in [5, 5.41) is 14.0. The lowest BCUT2D eigenvalue weighted by atomic mass is 10.0. The van der Waals surface area contributed by atoms with Crippen molar-refractivity contribution >= 4 is 28.5 Å². The molecule has 2 aliphatic rings. The Bertz CT molecular complexity index is 491. The molecule has 2 amide bonds. The van der Waals surface area contributed by atoms with Crippen LogP contribution < -0.4 is 5.32 Å². The van der Waals surface area contributed by atoms with Gasteiger partial charge in [0.1, 0.15) is 0 Å². The van der Waals surface area contributed by atoms with Crippen molar-refractivity contribution in [1.29, 1.82) is 0 Å². The zero-order valence-corrected chi connectivity index (χ0v) is 10.4. The van der Waals surface area contributed by atoms with E-state index in [2.05, 4.69) is 10.3 Å². The van der Waals surface area contributed by atoms with Crippen molar-refractivity contribution in [1.82, 2.24) is 9.88 Å². The largest absolute Gasteiger partial charge is 0.481 e. The van der Waals surface area contributed by atoms with Crippen LogP contribution >= 0.6 is 11.3 Å². The molecule has 3 rings (SSSR count). The molecule has 0 radical (unpaired) electrons. The lowest BCUT2D eigenvalue weighted by Crippen LogP contribution is -2.54. The number of aliphatic carboxylic acids is 1. The molecular formula is C11H13N3O3S. The van der Waals surface area contributed by atoms with Gasteiger partial charge >= 0.3 is 12.0 Å². The first-order valence-corrected chi connectivity index (χ1v) is 6.75. The first kappa shape index (κ1) is 11.5. The van der Waals surface area contributed by atoms with Gasteiger partial charge in [-0.1, -0.05) is 0 Å². The normalized spacial score (nSPS) is 19.4. The topological polar surface area (TPSA) is 82.5 Å². The number of aromatic nitrogens is 1. The summed E-state index contributed by atoms with van der Waals surface area (Å²) in [6.07, 6.45) is 2.37. The number of urea groups is 1. The summed E-state index contributed by atoms with van der Waals surface area (Å²) >= 11 is 1.42. The van der Waals surface area contributed by atoms with Crippen LogP contribution in [0.15, 0.2) is 5.38 Å². The Hall–Kier alpha value is -1.63. The maximum absolute atomic E-state index is 11.7. The van der Waals surface area contributed by atoms with Gasteiger partial charge in [-0.2, -0.15) is 0 Å². The molecule has 96 valence electrons. The minimum absolute atomic E-state index is 0.260. The van der Waals surface area contributed by atoms with Crippen molar-refractivity contribution in [3.05, 3.63) is 11.1 Å². The van der Waals surface area contributed by atoms with E-state index in [1.165, 1.54) is 29.1 Å². The number of carbonyl (C=O) groups is 2. The van der Waals surface area contributed by atoms with Gasteiger partial charge in [-0.15, -0.1) is 11.3 Å². The summed E-state index contributed by atoms with van der Waals surface area (Å²) in [6.45, 7) is 0.560. The second kappa shape index (κ2) is 4.24. The molecule has 2 N–H and O–H groups in total. The second-order valence-corrected chi connectivity index (χ2v) is 5.58. The Morgan fingerprint density at radius 2 is 2.17 bits per heavy atom. The van der Waals surface area contributed by atoms with E-state index in [9.17, 15) is 9.59 Å². The molecule has 1 aromatic rings. The molecule has 2 heterocycles. The number of carboxylic acid groups (broad SMARTS) is 1. The van der Waals surface area contributed by atoms with Crippen LogP contribution in [0, 0.1) is 5.92 Å². The third-order valence-corrected chi connectivity index (χ3v) is 4.03. The fraction of sp³-hybridized carbons (Fsp3) is 0.545. The van der Waals surface area contributed by atoms with Crippen LogP contribution in [0.2, 0.25) is 0 Å². The highest BCUT2D eigenvalue weighted by Gasteiger charge is 2.36. The van der Waals surface area contributed by atoms with E-state index in [0.717, 1.165) is 5.69 Å². The second-order valence-electron chi connectivity index (χ2n) is 4.72. The average molecular weight is 267 g/mol. The zero-order valence-electron chi connectivity index (χ0n) is 9.63. The molecule has 0 atom stereocenters. The molecule has 1 saturated carbocycles. The van der Waals surface area contributed by atoms with Crippen LogP contribution in [-0.4, -0.2) is 40.1 Å². The van der Waals surface area contributed by atoms with E-state index < -0.39 is 11.9 Å². The van der Waals surface area contributed by atoms with Gasteiger partial charge in [0.15, 0.2) is 5.13 Å². The van der Waals surface area contributed by atoms with Crippen molar-refractivity contribution in [2.45, 2.75) is 18.8 Å². The average Bonchev–Trinajstić information content (AvgIpc) is 2.98. The van der Waals surface area contributed by atoms with Crippen molar-refractivity contribution in [2.24, 2.45) is 5.92 Å². The van der Waals surface area contributed by atoms with Gasteiger partial charge in [0.25, 0.3) is 0 Å². The van der Waals surface area contributed by atoms with E-state index in [1.54, 1.807) is 0 Å². The monoisotopic (exact) mass is 267 g/mol. The molecule has 2 fully saturated rings. The molecular weight excluding hydrogens is 254 g/mol. The van der Waals surface area contributed by atoms with Gasteiger partial charge in [-0.05, 0) is 12.8 Å². The molecule has 1 aliphatic heterocycles. The Morgan fingerprint density at radius 3 is 2.78 bits per heavy atom. The van der Waals surface area contributed by atoms with Crippen molar-refractivity contribution < 1.29 is 14.7 Å². The van der Waals surface area contributed by atoms with Gasteiger partial charge in [-0.3, -0.25) is 10.1 Å². The highest BCUT2D eigenvalue weighted by atomic mass is 32.1. The number of amides is 2. The van der Waals surface area contributed by atoms with Gasteiger partial charge in [0.05, 0.1) is 11.6 Å². The van der Waals surface area contributed by atoms with Gasteiger partial charge in [0.2, 0.25) is 0 Å². The summed E-state index contributed by atoms with van der Waals surface area (Å²) in [6, 6.07) is -0.260. The minimum atomic E-state index is -0.843. The molecule has 0 aromatic carbocycles. The van der Waals surface area contributed by atoms with E-state index >= 15 is 0 Å². The fourth-order valence-corrected chi connectivity index (χ4v) is 2.66. The SMILES string of the molecule is O=C(O)C1CN(C(=O)Nc2nc(C3CC3)cs2)C1. The predicted octanol–water partition coefficient (Wildman–Crippen LogP) is 1.57. The number of anilines is 1. The molecule has 6 nitrogen and oxygen atoms in total. The molecule has 7 heteroatoms. The van der Waals surface area contributed by atoms with Crippen molar-refractivity contribution in [2.75, 3.05) is 18.4 Å². The Labute approximate surface area is 108 Å². The van der Waals surface area contributed by atoms with Crippen LogP contribution in [0.5, 0.6) is 0 Å². The highest BCUT2D eigenvalue weighted by molar-refractivity contribution is 7.13. The summed E-state index contributed by atoms with van der Waals surface area (Å²) < 4.78 is 0. The number of carbonyl (C=O) groups excluding carboxylic acids is 1. The van der Waals surface area contributed by atoms with Gasteiger partial charge in [-0.25, -0.2) is 9.78 Å². The number of rotatable bonds is 3. The molecule has 1 saturated heterocycles. The van der Waals surface area contributed by atoms with Gasteiger partial charge < -0.3 is 10.0 Å². The summed E-state index contributed by atoms with van der Waals surface area (Å²) in [4.78, 5) is 28.2. The van der Waals surface area contributed by atoms with Crippen LogP contribution in [-0.2, 0) is 4.79 Å². The third kappa shape index (κ3) is 2.17. The highest BCUT2D eigenvalue weighted by Crippen LogP contribution is 2.40. The van der Waals surface area contributed by atoms with Crippen molar-refractivity contribution in [3.63, 3.8) is 0 Å². The van der Waals surface area contributed by atoms with Crippen LogP contribution in [0.25, 0.3) is 0 Å². The Kier molecular flexibility index (Phi) is 2.70. The number of nitrogens with one attached hydrogen (secondary N) is 1. The number of hydrogen-bond acceptors (Lipinski definition) is 4. The van der Waals surface area contributed by atoms with E-state index in [1.807, 2.05) is 5.38 Å². The molecule has 0 unspecified atom stereocenters. The molecule has 0 bridgehead atoms. The van der Waals surface area contributed by atoms with Gasteiger partial charge in [0, 0.05) is 24.4 Å². The Balaban J connectivity index is 1.53. The standard InChI is InChI=1S/C11H13N3O3S/c15-9(16)7-3-14(4-7)11(17)13-10-12-8(5-18-10)6-1-2-6/h5-7H,1-4H2,(H,15,16)(H,12,13,17). The maximum Gasteiger partial charge on any atom is 0.323 e. The van der Waals surface area contributed by atoms with Crippen LogP contribution in [0.3, 0.4) is 0 Å². The lowest BCUT2D eigenvalue weighted by Gasteiger charge is -2.36. The predicted molar refractivity (Wildman–Crippen MR) is 65.8 cm³/mol. The van der Waals surface area contributed by atoms with E-state index in [-0.39, 0.29) is 19.1 Å². The first-order chi connectivity index (χ1) is 8.63. The Morgan fingerprint density at radius 1 is 1.44 bits per heavy atom. The summed E-state index contributed by atoms with van der Waals surface area (Å²) in [5.74, 6) is -0.689. The summed E-state index contributed by atoms with van der Waals surface area (Å²) in [5.41, 5.74) is 1.06. The number of nitrogens with zero attached hydrogens (tertiary/aromatic N) is 2. The zero-order chi connectivity index (χ0) is 12.7. The maximum atomic E-state index is 11.7. The molecule has 0 spiro atoms. The smallest absolute Gasteiger partial charge is 0.323 e. The summed E-state index contributed by atoms with van der Waals surface area (Å²) in [7, 11) is 0. The minimum Gasteiger partial charge on any atom is -0.481 e. The number of thiazole rings is 1. The number of hydrogen-bond donors (Lipinski definition) is 2. The first-order valence-electron chi connectivity index (χ1n) is 5.87. The number of carboxylic acids is 1. The fourth-order valence-electron chi connectivity index (χ4n) is 1.88. The molecule has 1 aliphatic carbocycles. The van der Waals surface area contributed by atoms with Crippen molar-refractivity contribution in [3.8, 4) is 0 Å². The molecule has 18 heavy (non-hydrogen) atoms. The van der Waals surface area contributed by atoms with Crippen LogP contribution in [0.1, 0.15) is 24.5 Å². The molecule has 1 aromatic heterocycles.